The first-order valence-corrected chi connectivity index (χ1v) is 12.5. The van der Waals surface area contributed by atoms with E-state index in [9.17, 15) is 0 Å². The van der Waals surface area contributed by atoms with Crippen molar-refractivity contribution < 1.29 is 9.47 Å². The van der Waals surface area contributed by atoms with Crippen molar-refractivity contribution in [3.8, 4) is 45.4 Å². The first-order valence-electron chi connectivity index (χ1n) is 12.5. The van der Waals surface area contributed by atoms with Crippen LogP contribution < -0.4 is 9.47 Å². The van der Waals surface area contributed by atoms with E-state index in [-0.39, 0.29) is 5.41 Å². The molecule has 0 unspecified atom stereocenters. The maximum atomic E-state index is 6.45. The Hall–Kier alpha value is -4.70. The molecule has 4 nitrogen and oxygen atoms in total. The van der Waals surface area contributed by atoms with Gasteiger partial charge in [-0.05, 0) is 64.7 Å². The normalized spacial score (nSPS) is 14.3. The Labute approximate surface area is 214 Å². The predicted molar refractivity (Wildman–Crippen MR) is 147 cm³/mol. The molecule has 0 bridgehead atoms. The molecule has 0 saturated heterocycles. The molecule has 0 N–H and O–H groups in total. The van der Waals surface area contributed by atoms with Gasteiger partial charge in [-0.1, -0.05) is 62.4 Å². The summed E-state index contributed by atoms with van der Waals surface area (Å²) in [6, 6.07) is 31.2. The first-order chi connectivity index (χ1) is 18.1. The zero-order chi connectivity index (χ0) is 24.7. The SMILES string of the molecule is CC1(C)c2ccccc2-c2cc3c(cc21)Oc1cc(-c2ccc4ccc5cccnc5c4n2)ccc1O3. The largest absolute Gasteiger partial charge is 0.449 e. The van der Waals surface area contributed by atoms with Gasteiger partial charge in [-0.15, -0.1) is 0 Å². The van der Waals surface area contributed by atoms with E-state index >= 15 is 0 Å². The van der Waals surface area contributed by atoms with Crippen LogP contribution in [0.25, 0.3) is 44.2 Å². The quantitative estimate of drug-likeness (QED) is 0.221. The summed E-state index contributed by atoms with van der Waals surface area (Å²) in [6.07, 6.45) is 1.81. The molecule has 0 atom stereocenters. The fraction of sp³-hybridized carbons (Fsp3) is 0.0909. The van der Waals surface area contributed by atoms with E-state index in [0.29, 0.717) is 11.5 Å². The molecule has 4 aromatic carbocycles. The monoisotopic (exact) mass is 478 g/mol. The number of nitrogens with zero attached hydrogens (tertiary/aromatic N) is 2. The molecule has 0 amide bonds. The van der Waals surface area contributed by atoms with Crippen molar-refractivity contribution in [1.82, 2.24) is 9.97 Å². The summed E-state index contributed by atoms with van der Waals surface area (Å²) in [5.74, 6) is 2.88. The van der Waals surface area contributed by atoms with Gasteiger partial charge in [-0.3, -0.25) is 4.98 Å². The zero-order valence-corrected chi connectivity index (χ0v) is 20.4. The number of hydrogen-bond donors (Lipinski definition) is 0. The fourth-order valence-electron chi connectivity index (χ4n) is 5.82. The Morgan fingerprint density at radius 1 is 0.595 bits per heavy atom. The minimum atomic E-state index is -0.0989. The average Bonchev–Trinajstić information content (AvgIpc) is 3.16. The van der Waals surface area contributed by atoms with Crippen molar-refractivity contribution >= 4 is 21.8 Å². The zero-order valence-electron chi connectivity index (χ0n) is 20.4. The number of rotatable bonds is 1. The van der Waals surface area contributed by atoms with Crippen molar-refractivity contribution in [2.75, 3.05) is 0 Å². The van der Waals surface area contributed by atoms with Crippen LogP contribution in [-0.2, 0) is 5.41 Å². The van der Waals surface area contributed by atoms with E-state index in [2.05, 4.69) is 79.5 Å². The molecule has 4 heteroatoms. The smallest absolute Gasteiger partial charge is 0.170 e. The van der Waals surface area contributed by atoms with E-state index in [1.54, 1.807) is 0 Å². The van der Waals surface area contributed by atoms with Gasteiger partial charge in [-0.25, -0.2) is 4.98 Å². The molecule has 0 fully saturated rings. The Bertz CT molecular complexity index is 1920. The van der Waals surface area contributed by atoms with Crippen LogP contribution in [0.5, 0.6) is 23.0 Å². The lowest BCUT2D eigenvalue weighted by Gasteiger charge is -2.25. The molecule has 6 aromatic rings. The highest BCUT2D eigenvalue weighted by molar-refractivity contribution is 6.03. The van der Waals surface area contributed by atoms with Gasteiger partial charge >= 0.3 is 0 Å². The van der Waals surface area contributed by atoms with Gasteiger partial charge in [-0.2, -0.15) is 0 Å². The van der Waals surface area contributed by atoms with Crippen LogP contribution in [0, 0.1) is 0 Å². The third kappa shape index (κ3) is 2.90. The lowest BCUT2D eigenvalue weighted by molar-refractivity contribution is 0.359. The number of benzene rings is 4. The van der Waals surface area contributed by atoms with Gasteiger partial charge in [0.1, 0.15) is 0 Å². The molecule has 1 aliphatic carbocycles. The highest BCUT2D eigenvalue weighted by Crippen LogP contribution is 2.55. The Morgan fingerprint density at radius 2 is 1.35 bits per heavy atom. The van der Waals surface area contributed by atoms with Crippen molar-refractivity contribution in [3.05, 3.63) is 108 Å². The molecule has 0 saturated carbocycles. The summed E-state index contributed by atoms with van der Waals surface area (Å²) >= 11 is 0. The lowest BCUT2D eigenvalue weighted by Crippen LogP contribution is -2.15. The Kier molecular flexibility index (Phi) is 3.97. The number of fused-ring (bicyclic) bond motifs is 8. The second-order valence-corrected chi connectivity index (χ2v) is 10.3. The molecule has 8 rings (SSSR count). The molecule has 2 aromatic heterocycles. The fourth-order valence-corrected chi connectivity index (χ4v) is 5.82. The predicted octanol–water partition coefficient (Wildman–Crippen LogP) is 8.65. The van der Waals surface area contributed by atoms with Gasteiger partial charge < -0.3 is 9.47 Å². The van der Waals surface area contributed by atoms with Crippen molar-refractivity contribution in [2.24, 2.45) is 0 Å². The molecular weight excluding hydrogens is 456 g/mol. The second kappa shape index (κ2) is 7.17. The molecule has 176 valence electrons. The standard InChI is InChI=1S/C33H22N2O2/c1-33(2)24-8-4-3-7-22(24)23-17-29-30(18-25(23)33)37-28-16-21(12-14-27(28)36-29)26-13-11-20-10-9-19-6-5-15-34-31(19)32(20)35-26/h3-18H,1-2H3. The van der Waals surface area contributed by atoms with E-state index in [1.165, 1.54) is 22.3 Å². The molecule has 37 heavy (non-hydrogen) atoms. The molecule has 0 spiro atoms. The highest BCUT2D eigenvalue weighted by atomic mass is 16.6. The summed E-state index contributed by atoms with van der Waals surface area (Å²) in [5.41, 5.74) is 8.60. The summed E-state index contributed by atoms with van der Waals surface area (Å²) in [7, 11) is 0. The molecule has 3 heterocycles. The van der Waals surface area contributed by atoms with E-state index in [1.807, 2.05) is 36.5 Å². The van der Waals surface area contributed by atoms with Crippen LogP contribution in [-0.4, -0.2) is 9.97 Å². The van der Waals surface area contributed by atoms with Crippen molar-refractivity contribution in [2.45, 2.75) is 19.3 Å². The van der Waals surface area contributed by atoms with Gasteiger partial charge in [0, 0.05) is 27.9 Å². The maximum Gasteiger partial charge on any atom is 0.170 e. The van der Waals surface area contributed by atoms with Crippen LogP contribution >= 0.6 is 0 Å². The van der Waals surface area contributed by atoms with Crippen LogP contribution in [0.4, 0.5) is 0 Å². The van der Waals surface area contributed by atoms with E-state index < -0.39 is 0 Å². The summed E-state index contributed by atoms with van der Waals surface area (Å²) in [5, 5.41) is 2.15. The van der Waals surface area contributed by atoms with E-state index in [4.69, 9.17) is 14.5 Å². The van der Waals surface area contributed by atoms with Gasteiger partial charge in [0.15, 0.2) is 23.0 Å². The van der Waals surface area contributed by atoms with Gasteiger partial charge in [0.05, 0.1) is 16.7 Å². The van der Waals surface area contributed by atoms with Crippen molar-refractivity contribution in [3.63, 3.8) is 0 Å². The van der Waals surface area contributed by atoms with Gasteiger partial charge in [0.2, 0.25) is 0 Å². The van der Waals surface area contributed by atoms with Crippen LogP contribution in [0.1, 0.15) is 25.0 Å². The Morgan fingerprint density at radius 3 is 2.27 bits per heavy atom. The molecule has 2 aliphatic rings. The van der Waals surface area contributed by atoms with Crippen molar-refractivity contribution in [1.29, 1.82) is 0 Å². The first kappa shape index (κ1) is 20.5. The third-order valence-electron chi connectivity index (χ3n) is 7.76. The summed E-state index contributed by atoms with van der Waals surface area (Å²) in [6.45, 7) is 4.54. The minimum absolute atomic E-state index is 0.0989. The third-order valence-corrected chi connectivity index (χ3v) is 7.76. The molecule has 0 radical (unpaired) electrons. The second-order valence-electron chi connectivity index (χ2n) is 10.3. The topological polar surface area (TPSA) is 44.2 Å². The minimum Gasteiger partial charge on any atom is -0.449 e. The Balaban J connectivity index is 1.21. The number of pyridine rings is 2. The maximum absolute atomic E-state index is 6.45. The average molecular weight is 479 g/mol. The number of hydrogen-bond acceptors (Lipinski definition) is 4. The lowest BCUT2D eigenvalue weighted by atomic mass is 9.82. The number of aromatic nitrogens is 2. The van der Waals surface area contributed by atoms with Crippen LogP contribution in [0.15, 0.2) is 97.2 Å². The van der Waals surface area contributed by atoms with Crippen LogP contribution in [0.3, 0.4) is 0 Å². The number of ether oxygens (including phenoxy) is 2. The summed E-state index contributed by atoms with van der Waals surface area (Å²) < 4.78 is 12.8. The van der Waals surface area contributed by atoms with Gasteiger partial charge in [0.25, 0.3) is 0 Å². The molecular formula is C33H22N2O2. The van der Waals surface area contributed by atoms with Crippen LogP contribution in [0.2, 0.25) is 0 Å². The van der Waals surface area contributed by atoms with E-state index in [0.717, 1.165) is 44.6 Å². The highest BCUT2D eigenvalue weighted by Gasteiger charge is 2.37. The molecule has 1 aliphatic heterocycles. The summed E-state index contributed by atoms with van der Waals surface area (Å²) in [4.78, 5) is 9.58.